The molecule has 0 N–H and O–H groups in total. The number of imide groups is 2. The number of urea groups is 1. The van der Waals surface area contributed by atoms with Crippen LogP contribution < -0.4 is 19.3 Å². The van der Waals surface area contributed by atoms with Crippen LogP contribution in [0.3, 0.4) is 0 Å². The Morgan fingerprint density at radius 2 is 1.31 bits per heavy atom. The molecule has 7 nitrogen and oxygen atoms in total. The fourth-order valence-electron chi connectivity index (χ4n) is 4.00. The molecule has 1 aliphatic heterocycles. The van der Waals surface area contributed by atoms with Crippen LogP contribution in [-0.2, 0) is 9.59 Å². The van der Waals surface area contributed by atoms with Crippen molar-refractivity contribution in [2.45, 2.75) is 20.8 Å². The summed E-state index contributed by atoms with van der Waals surface area (Å²) < 4.78 is 11.0. The van der Waals surface area contributed by atoms with Crippen molar-refractivity contribution in [3.8, 4) is 11.5 Å². The maximum absolute atomic E-state index is 13.6. The molecule has 0 aromatic heterocycles. The van der Waals surface area contributed by atoms with E-state index in [4.69, 9.17) is 9.47 Å². The van der Waals surface area contributed by atoms with E-state index in [0.717, 1.165) is 20.9 Å². The normalized spacial score (nSPS) is 13.8. The van der Waals surface area contributed by atoms with Gasteiger partial charge < -0.3 is 9.47 Å². The fraction of sp³-hybridized carbons (Fsp3) is 0.179. The summed E-state index contributed by atoms with van der Waals surface area (Å²) in [6.45, 7) is 5.90. The lowest BCUT2D eigenvalue weighted by Gasteiger charge is -2.35. The van der Waals surface area contributed by atoms with Gasteiger partial charge in [0.05, 0.1) is 25.1 Å². The Kier molecular flexibility index (Phi) is 6.68. The molecule has 0 unspecified atom stereocenters. The number of hydrogen-bond acceptors (Lipinski definition) is 5. The number of amides is 4. The average molecular weight is 471 g/mol. The van der Waals surface area contributed by atoms with Gasteiger partial charge in [-0.3, -0.25) is 9.59 Å². The summed E-state index contributed by atoms with van der Waals surface area (Å²) >= 11 is 0. The average Bonchev–Trinajstić information content (AvgIpc) is 2.84. The highest BCUT2D eigenvalue weighted by Gasteiger charge is 2.44. The number of ether oxygens (including phenoxy) is 2. The van der Waals surface area contributed by atoms with Gasteiger partial charge in [-0.05, 0) is 67.8 Å². The van der Waals surface area contributed by atoms with Crippen molar-refractivity contribution in [1.29, 1.82) is 0 Å². The first kappa shape index (κ1) is 23.8. The highest BCUT2D eigenvalue weighted by atomic mass is 16.5. The molecule has 3 aromatic carbocycles. The van der Waals surface area contributed by atoms with Gasteiger partial charge in [0, 0.05) is 0 Å². The molecule has 4 rings (SSSR count). The van der Waals surface area contributed by atoms with E-state index in [1.807, 2.05) is 45.0 Å². The van der Waals surface area contributed by atoms with Crippen LogP contribution in [0.2, 0.25) is 0 Å². The highest BCUT2D eigenvalue weighted by Crippen LogP contribution is 2.34. The summed E-state index contributed by atoms with van der Waals surface area (Å²) in [6, 6.07) is 18.6. The van der Waals surface area contributed by atoms with Crippen molar-refractivity contribution in [2.24, 2.45) is 0 Å². The van der Waals surface area contributed by atoms with Crippen LogP contribution in [0.25, 0.3) is 6.08 Å². The molecule has 35 heavy (non-hydrogen) atoms. The van der Waals surface area contributed by atoms with Crippen molar-refractivity contribution in [3.63, 3.8) is 0 Å². The van der Waals surface area contributed by atoms with Crippen molar-refractivity contribution in [1.82, 2.24) is 0 Å². The first-order chi connectivity index (χ1) is 16.9. The molecule has 1 saturated heterocycles. The lowest BCUT2D eigenvalue weighted by Crippen LogP contribution is -2.57. The largest absolute Gasteiger partial charge is 0.493 e. The van der Waals surface area contributed by atoms with E-state index < -0.39 is 17.8 Å². The molecule has 178 valence electrons. The predicted molar refractivity (Wildman–Crippen MR) is 135 cm³/mol. The molecule has 0 radical (unpaired) electrons. The highest BCUT2D eigenvalue weighted by molar-refractivity contribution is 6.46. The molecule has 0 bridgehead atoms. The zero-order valence-electron chi connectivity index (χ0n) is 20.1. The van der Waals surface area contributed by atoms with Gasteiger partial charge in [0.1, 0.15) is 5.57 Å². The second-order valence-electron chi connectivity index (χ2n) is 8.04. The van der Waals surface area contributed by atoms with Gasteiger partial charge in [-0.2, -0.15) is 0 Å². The number of rotatable bonds is 6. The smallest absolute Gasteiger partial charge is 0.343 e. The van der Waals surface area contributed by atoms with Crippen molar-refractivity contribution in [2.75, 3.05) is 23.5 Å². The van der Waals surface area contributed by atoms with Crippen LogP contribution >= 0.6 is 0 Å². The van der Waals surface area contributed by atoms with Crippen LogP contribution in [-0.4, -0.2) is 31.6 Å². The van der Waals surface area contributed by atoms with E-state index in [1.54, 1.807) is 42.5 Å². The SMILES string of the molecule is CCOc1cc(C=C2C(=O)N(c3ccccc3C)C(=O)N(c3ccccc3C)C2=O)ccc1OC. The maximum atomic E-state index is 13.6. The number of benzene rings is 3. The van der Waals surface area contributed by atoms with E-state index in [9.17, 15) is 14.4 Å². The zero-order chi connectivity index (χ0) is 25.1. The van der Waals surface area contributed by atoms with E-state index >= 15 is 0 Å². The summed E-state index contributed by atoms with van der Waals surface area (Å²) in [5.41, 5.74) is 2.73. The molecule has 0 spiro atoms. The number of para-hydroxylation sites is 2. The number of carbonyl (C=O) groups is 3. The van der Waals surface area contributed by atoms with Crippen LogP contribution in [0.4, 0.5) is 16.2 Å². The molecule has 7 heteroatoms. The number of hydrogen-bond donors (Lipinski definition) is 0. The quantitative estimate of drug-likeness (QED) is 0.361. The number of carbonyl (C=O) groups excluding carboxylic acids is 3. The third kappa shape index (κ3) is 4.40. The van der Waals surface area contributed by atoms with Gasteiger partial charge in [0.2, 0.25) is 0 Å². The predicted octanol–water partition coefficient (Wildman–Crippen LogP) is 5.29. The van der Waals surface area contributed by atoms with E-state index in [0.29, 0.717) is 35.0 Å². The molecule has 1 aliphatic rings. The third-order valence-corrected chi connectivity index (χ3v) is 5.76. The molecular weight excluding hydrogens is 444 g/mol. The Morgan fingerprint density at radius 3 is 1.80 bits per heavy atom. The summed E-state index contributed by atoms with van der Waals surface area (Å²) in [6.07, 6.45) is 1.48. The minimum atomic E-state index is -0.717. The number of aryl methyl sites for hydroxylation is 2. The van der Waals surface area contributed by atoms with Gasteiger partial charge in [0.15, 0.2) is 11.5 Å². The third-order valence-electron chi connectivity index (χ3n) is 5.76. The first-order valence-corrected chi connectivity index (χ1v) is 11.2. The van der Waals surface area contributed by atoms with E-state index in [1.165, 1.54) is 13.2 Å². The van der Waals surface area contributed by atoms with E-state index in [2.05, 4.69) is 0 Å². The summed E-state index contributed by atoms with van der Waals surface area (Å²) in [7, 11) is 1.54. The second kappa shape index (κ2) is 9.85. The molecule has 0 aliphatic carbocycles. The minimum absolute atomic E-state index is 0.135. The maximum Gasteiger partial charge on any atom is 0.343 e. The molecule has 0 saturated carbocycles. The number of barbiturate groups is 1. The number of methoxy groups -OCH3 is 1. The molecule has 1 heterocycles. The number of anilines is 2. The van der Waals surface area contributed by atoms with Gasteiger partial charge >= 0.3 is 6.03 Å². The Hall–Kier alpha value is -4.39. The Balaban J connectivity index is 1.89. The number of nitrogens with zero attached hydrogens (tertiary/aromatic N) is 2. The first-order valence-electron chi connectivity index (χ1n) is 11.2. The molecular formula is C28H26N2O5. The minimum Gasteiger partial charge on any atom is -0.493 e. The summed E-state index contributed by atoms with van der Waals surface area (Å²) in [4.78, 5) is 43.0. The molecule has 3 aromatic rings. The zero-order valence-corrected chi connectivity index (χ0v) is 20.1. The Labute approximate surface area is 204 Å². The van der Waals surface area contributed by atoms with Crippen LogP contribution in [0.1, 0.15) is 23.6 Å². The Bertz CT molecular complexity index is 1280. The molecule has 4 amide bonds. The fourth-order valence-corrected chi connectivity index (χ4v) is 4.00. The standard InChI is InChI=1S/C28H26N2O5/c1-5-35-25-17-20(14-15-24(25)34-4)16-21-26(31)29(22-12-8-6-10-18(22)2)28(33)30(27(21)32)23-13-9-7-11-19(23)3/h6-17H,5H2,1-4H3. The summed E-state index contributed by atoms with van der Waals surface area (Å²) in [5, 5.41) is 0. The van der Waals surface area contributed by atoms with Crippen molar-refractivity contribution < 1.29 is 23.9 Å². The monoisotopic (exact) mass is 470 g/mol. The van der Waals surface area contributed by atoms with Crippen LogP contribution in [0.15, 0.2) is 72.3 Å². The van der Waals surface area contributed by atoms with E-state index in [-0.39, 0.29) is 5.57 Å². The Morgan fingerprint density at radius 1 is 0.771 bits per heavy atom. The second-order valence-corrected chi connectivity index (χ2v) is 8.04. The van der Waals surface area contributed by atoms with Crippen molar-refractivity contribution in [3.05, 3.63) is 89.0 Å². The van der Waals surface area contributed by atoms with Gasteiger partial charge in [-0.25, -0.2) is 14.6 Å². The summed E-state index contributed by atoms with van der Waals surface area (Å²) in [5.74, 6) is -0.350. The topological polar surface area (TPSA) is 76.2 Å². The van der Waals surface area contributed by atoms with Gasteiger partial charge in [-0.15, -0.1) is 0 Å². The lowest BCUT2D eigenvalue weighted by molar-refractivity contribution is -0.121. The molecule has 1 fully saturated rings. The molecule has 0 atom stereocenters. The van der Waals surface area contributed by atoms with Crippen LogP contribution in [0.5, 0.6) is 11.5 Å². The van der Waals surface area contributed by atoms with Crippen molar-refractivity contribution >= 4 is 35.3 Å². The lowest BCUT2D eigenvalue weighted by atomic mass is 10.0. The van der Waals surface area contributed by atoms with Gasteiger partial charge in [0.25, 0.3) is 11.8 Å². The van der Waals surface area contributed by atoms with Gasteiger partial charge in [-0.1, -0.05) is 42.5 Å². The van der Waals surface area contributed by atoms with Crippen LogP contribution in [0, 0.1) is 13.8 Å².